The molecule has 1 aromatic rings. The van der Waals surface area contributed by atoms with Crippen LogP contribution in [0, 0.1) is 0 Å². The van der Waals surface area contributed by atoms with Gasteiger partial charge in [-0.3, -0.25) is 9.56 Å². The third-order valence-corrected chi connectivity index (χ3v) is 4.40. The first-order chi connectivity index (χ1) is 10.7. The Kier molecular flexibility index (Phi) is 3.21. The SMILES string of the molecule is O=c1[nH]c2c(n1[C@@H]1C[C@H](O)[C@@H](CO)O1)NC1=NCCCN1C2. The first-order valence-electron chi connectivity index (χ1n) is 7.51. The van der Waals surface area contributed by atoms with Crippen LogP contribution in [0.15, 0.2) is 9.79 Å². The molecule has 4 heterocycles. The van der Waals surface area contributed by atoms with Crippen LogP contribution in [-0.2, 0) is 11.3 Å². The first-order valence-corrected chi connectivity index (χ1v) is 7.51. The zero-order chi connectivity index (χ0) is 15.3. The highest BCUT2D eigenvalue weighted by Gasteiger charge is 2.38. The zero-order valence-electron chi connectivity index (χ0n) is 12.0. The molecule has 120 valence electrons. The Labute approximate surface area is 126 Å². The number of hydrogen-bond acceptors (Lipinski definition) is 7. The molecule has 0 unspecified atom stereocenters. The summed E-state index contributed by atoms with van der Waals surface area (Å²) in [5, 5.41) is 22.3. The number of aliphatic hydroxyl groups excluding tert-OH is 2. The third kappa shape index (κ3) is 2.04. The summed E-state index contributed by atoms with van der Waals surface area (Å²) in [6.45, 7) is 2.01. The molecule has 3 aliphatic rings. The van der Waals surface area contributed by atoms with E-state index in [-0.39, 0.29) is 18.7 Å². The van der Waals surface area contributed by atoms with Gasteiger partial charge in [0, 0.05) is 19.5 Å². The molecule has 1 aromatic heterocycles. The standard InChI is InChI=1S/C13H19N5O4/c19-6-9-8(20)4-10(22-9)18-11-7(15-13(18)21)5-17-3-1-2-14-12(17)16-11/h8-10,19-20H,1-6H2,(H,14,16)(H,15,21)/t8-,9+,10-/m0/s1. The molecule has 0 saturated carbocycles. The van der Waals surface area contributed by atoms with Crippen molar-refractivity contribution < 1.29 is 14.9 Å². The fourth-order valence-corrected chi connectivity index (χ4v) is 3.28. The number of H-pyrrole nitrogens is 1. The van der Waals surface area contributed by atoms with Gasteiger partial charge in [-0.05, 0) is 6.42 Å². The molecule has 0 radical (unpaired) electrons. The number of hydrogen-bond donors (Lipinski definition) is 4. The van der Waals surface area contributed by atoms with E-state index >= 15 is 0 Å². The van der Waals surface area contributed by atoms with Crippen molar-refractivity contribution in [2.75, 3.05) is 25.0 Å². The lowest BCUT2D eigenvalue weighted by atomic mass is 10.2. The van der Waals surface area contributed by atoms with Gasteiger partial charge in [-0.1, -0.05) is 0 Å². The molecule has 0 aromatic carbocycles. The molecule has 4 rings (SSSR count). The molecule has 22 heavy (non-hydrogen) atoms. The summed E-state index contributed by atoms with van der Waals surface area (Å²) in [7, 11) is 0. The van der Waals surface area contributed by atoms with Gasteiger partial charge in [0.1, 0.15) is 18.1 Å². The lowest BCUT2D eigenvalue weighted by molar-refractivity contribution is -0.0447. The zero-order valence-corrected chi connectivity index (χ0v) is 12.0. The Morgan fingerprint density at radius 3 is 3.09 bits per heavy atom. The smallest absolute Gasteiger partial charge is 0.329 e. The van der Waals surface area contributed by atoms with Crippen molar-refractivity contribution in [2.45, 2.75) is 37.8 Å². The number of aliphatic imine (C=N–C) groups is 1. The molecule has 0 aliphatic carbocycles. The van der Waals surface area contributed by atoms with Gasteiger partial charge in [-0.2, -0.15) is 0 Å². The van der Waals surface area contributed by atoms with E-state index < -0.39 is 18.4 Å². The maximum atomic E-state index is 12.3. The fraction of sp³-hybridized carbons (Fsp3) is 0.692. The van der Waals surface area contributed by atoms with Crippen molar-refractivity contribution in [3.05, 3.63) is 16.2 Å². The van der Waals surface area contributed by atoms with E-state index in [1.807, 2.05) is 0 Å². The number of aliphatic hydroxyl groups is 2. The molecule has 1 fully saturated rings. The van der Waals surface area contributed by atoms with Crippen LogP contribution in [0.2, 0.25) is 0 Å². The predicted octanol–water partition coefficient (Wildman–Crippen LogP) is -1.20. The van der Waals surface area contributed by atoms with Crippen molar-refractivity contribution in [1.82, 2.24) is 14.5 Å². The Morgan fingerprint density at radius 1 is 1.45 bits per heavy atom. The van der Waals surface area contributed by atoms with E-state index in [1.165, 1.54) is 4.57 Å². The van der Waals surface area contributed by atoms with Crippen LogP contribution in [0.5, 0.6) is 0 Å². The quantitative estimate of drug-likeness (QED) is 0.546. The molecule has 1 saturated heterocycles. The molecular formula is C13H19N5O4. The Balaban J connectivity index is 1.69. The minimum Gasteiger partial charge on any atom is -0.394 e. The van der Waals surface area contributed by atoms with Crippen LogP contribution >= 0.6 is 0 Å². The lowest BCUT2D eigenvalue weighted by Gasteiger charge is -2.33. The van der Waals surface area contributed by atoms with Crippen LogP contribution in [0.3, 0.4) is 0 Å². The van der Waals surface area contributed by atoms with Gasteiger partial charge in [0.25, 0.3) is 0 Å². The van der Waals surface area contributed by atoms with E-state index in [0.29, 0.717) is 12.4 Å². The summed E-state index contributed by atoms with van der Waals surface area (Å²) < 4.78 is 7.07. The molecule has 0 spiro atoms. The minimum absolute atomic E-state index is 0.271. The molecule has 0 amide bonds. The van der Waals surface area contributed by atoms with Crippen molar-refractivity contribution in [3.8, 4) is 0 Å². The number of guanidine groups is 1. The van der Waals surface area contributed by atoms with Crippen LogP contribution in [-0.4, -0.2) is 62.5 Å². The van der Waals surface area contributed by atoms with Crippen LogP contribution < -0.4 is 11.0 Å². The highest BCUT2D eigenvalue weighted by molar-refractivity contribution is 5.95. The van der Waals surface area contributed by atoms with E-state index in [9.17, 15) is 15.0 Å². The number of nitrogens with one attached hydrogen (secondary N) is 2. The van der Waals surface area contributed by atoms with E-state index in [0.717, 1.165) is 31.2 Å². The molecule has 9 nitrogen and oxygen atoms in total. The Hall–Kier alpha value is -1.84. The average molecular weight is 309 g/mol. The van der Waals surface area contributed by atoms with Crippen molar-refractivity contribution in [1.29, 1.82) is 0 Å². The highest BCUT2D eigenvalue weighted by Crippen LogP contribution is 2.32. The van der Waals surface area contributed by atoms with Gasteiger partial charge in [0.05, 0.1) is 24.9 Å². The van der Waals surface area contributed by atoms with Gasteiger partial charge in [0.2, 0.25) is 0 Å². The maximum absolute atomic E-state index is 12.3. The predicted molar refractivity (Wildman–Crippen MR) is 77.6 cm³/mol. The summed E-state index contributed by atoms with van der Waals surface area (Å²) in [5.41, 5.74) is 0.505. The average Bonchev–Trinajstić information content (AvgIpc) is 3.03. The number of imidazole rings is 1. The second kappa shape index (κ2) is 5.11. The minimum atomic E-state index is -0.778. The van der Waals surface area contributed by atoms with Crippen LogP contribution in [0.25, 0.3) is 0 Å². The van der Waals surface area contributed by atoms with Gasteiger partial charge >= 0.3 is 5.69 Å². The van der Waals surface area contributed by atoms with Crippen LogP contribution in [0.4, 0.5) is 5.82 Å². The monoisotopic (exact) mass is 309 g/mol. The molecule has 3 aliphatic heterocycles. The number of nitrogens with zero attached hydrogens (tertiary/aromatic N) is 3. The highest BCUT2D eigenvalue weighted by atomic mass is 16.5. The number of anilines is 1. The summed E-state index contributed by atoms with van der Waals surface area (Å²) in [5.74, 6) is 1.40. The molecule has 9 heteroatoms. The molecular weight excluding hydrogens is 290 g/mol. The summed E-state index contributed by atoms with van der Waals surface area (Å²) in [6, 6.07) is 0. The summed E-state index contributed by atoms with van der Waals surface area (Å²) in [4.78, 5) is 21.7. The number of ether oxygens (including phenoxy) is 1. The van der Waals surface area contributed by atoms with Gasteiger partial charge in [-0.15, -0.1) is 0 Å². The van der Waals surface area contributed by atoms with Crippen LogP contribution in [0.1, 0.15) is 24.8 Å². The second-order valence-corrected chi connectivity index (χ2v) is 5.85. The number of fused-ring (bicyclic) bond motifs is 2. The Bertz CT molecular complexity index is 666. The van der Waals surface area contributed by atoms with Gasteiger partial charge in [0.15, 0.2) is 5.96 Å². The molecule has 0 bridgehead atoms. The number of rotatable bonds is 2. The van der Waals surface area contributed by atoms with Gasteiger partial charge in [-0.25, -0.2) is 4.79 Å². The molecule has 3 atom stereocenters. The number of aromatic nitrogens is 2. The van der Waals surface area contributed by atoms with E-state index in [1.54, 1.807) is 0 Å². The summed E-state index contributed by atoms with van der Waals surface area (Å²) >= 11 is 0. The largest absolute Gasteiger partial charge is 0.394 e. The second-order valence-electron chi connectivity index (χ2n) is 5.85. The normalized spacial score (nSPS) is 30.5. The van der Waals surface area contributed by atoms with Gasteiger partial charge < -0.3 is 30.2 Å². The maximum Gasteiger partial charge on any atom is 0.329 e. The van der Waals surface area contributed by atoms with Crippen molar-refractivity contribution in [3.63, 3.8) is 0 Å². The third-order valence-electron chi connectivity index (χ3n) is 4.40. The van der Waals surface area contributed by atoms with E-state index in [2.05, 4.69) is 20.2 Å². The first kappa shape index (κ1) is 13.8. The Morgan fingerprint density at radius 2 is 2.32 bits per heavy atom. The number of aromatic amines is 1. The van der Waals surface area contributed by atoms with E-state index in [4.69, 9.17) is 4.74 Å². The lowest BCUT2D eigenvalue weighted by Crippen LogP contribution is -2.43. The molecule has 4 N–H and O–H groups in total. The topological polar surface area (TPSA) is 115 Å². The van der Waals surface area contributed by atoms with Crippen molar-refractivity contribution >= 4 is 11.8 Å². The van der Waals surface area contributed by atoms with Crippen molar-refractivity contribution in [2.24, 2.45) is 4.99 Å². The summed E-state index contributed by atoms with van der Waals surface area (Å²) in [6.07, 6.45) is -0.758. The fourth-order valence-electron chi connectivity index (χ4n) is 3.28.